The SMILES string of the molecule is CCOc1cc(/C=C2\C(=O)NC(=O)N(c3cccc(C)c3)C2=O)cc(I)c1OS(=O)(=O)c1ccc(C)cc1. The number of nitrogens with zero attached hydrogens (tertiary/aromatic N) is 1. The lowest BCUT2D eigenvalue weighted by Crippen LogP contribution is -2.54. The van der Waals surface area contributed by atoms with Crippen LogP contribution in [0.25, 0.3) is 6.08 Å². The molecule has 38 heavy (non-hydrogen) atoms. The van der Waals surface area contributed by atoms with Crippen molar-refractivity contribution in [1.29, 1.82) is 0 Å². The molecule has 1 aliphatic rings. The summed E-state index contributed by atoms with van der Waals surface area (Å²) in [6.45, 7) is 5.58. The highest BCUT2D eigenvalue weighted by Gasteiger charge is 2.37. The fourth-order valence-corrected chi connectivity index (χ4v) is 5.55. The van der Waals surface area contributed by atoms with E-state index in [1.807, 2.05) is 42.5 Å². The predicted molar refractivity (Wildman–Crippen MR) is 150 cm³/mol. The molecule has 0 unspecified atom stereocenters. The third-order valence-electron chi connectivity index (χ3n) is 5.51. The van der Waals surface area contributed by atoms with Crippen LogP contribution in [0.4, 0.5) is 10.5 Å². The number of ether oxygens (including phenoxy) is 1. The normalized spacial score (nSPS) is 15.0. The number of urea groups is 1. The van der Waals surface area contributed by atoms with Crippen LogP contribution in [0.3, 0.4) is 0 Å². The van der Waals surface area contributed by atoms with Gasteiger partial charge in [-0.1, -0.05) is 29.8 Å². The summed E-state index contributed by atoms with van der Waals surface area (Å²) in [5.41, 5.74) is 2.15. The monoisotopic (exact) mass is 646 g/mol. The molecule has 0 radical (unpaired) electrons. The molecule has 196 valence electrons. The molecule has 3 aromatic carbocycles. The molecule has 1 fully saturated rings. The maximum atomic E-state index is 13.2. The Balaban J connectivity index is 1.72. The van der Waals surface area contributed by atoms with Crippen LogP contribution >= 0.6 is 22.6 Å². The number of barbiturate groups is 1. The van der Waals surface area contributed by atoms with E-state index >= 15 is 0 Å². The number of halogens is 1. The van der Waals surface area contributed by atoms with Crippen molar-refractivity contribution in [3.05, 3.63) is 86.5 Å². The van der Waals surface area contributed by atoms with Crippen LogP contribution in [0.15, 0.2) is 71.1 Å². The average molecular weight is 646 g/mol. The smallest absolute Gasteiger partial charge is 0.339 e. The molecule has 0 aromatic heterocycles. The highest BCUT2D eigenvalue weighted by atomic mass is 127. The summed E-state index contributed by atoms with van der Waals surface area (Å²) in [7, 11) is -4.16. The van der Waals surface area contributed by atoms with Crippen molar-refractivity contribution in [2.45, 2.75) is 25.7 Å². The van der Waals surface area contributed by atoms with Crippen LogP contribution in [0.5, 0.6) is 11.5 Å². The molecule has 1 aliphatic heterocycles. The standard InChI is InChI=1S/C27H23IN2O7S/c1-4-36-23-15-18(14-22(28)24(23)37-38(34,35)20-10-8-16(2)9-11-20)13-21-25(31)29-27(33)30(26(21)32)19-7-5-6-17(3)12-19/h5-15H,4H2,1-3H3,(H,29,31,33)/b21-13+. The molecule has 11 heteroatoms. The summed E-state index contributed by atoms with van der Waals surface area (Å²) in [6, 6.07) is 15.2. The van der Waals surface area contributed by atoms with Gasteiger partial charge < -0.3 is 8.92 Å². The summed E-state index contributed by atoms with van der Waals surface area (Å²) in [5, 5.41) is 2.19. The van der Waals surface area contributed by atoms with Gasteiger partial charge in [-0.05, 0) is 97.0 Å². The van der Waals surface area contributed by atoms with Gasteiger partial charge in [0.05, 0.1) is 15.9 Å². The van der Waals surface area contributed by atoms with Gasteiger partial charge >= 0.3 is 16.1 Å². The Morgan fingerprint density at radius 1 is 0.974 bits per heavy atom. The van der Waals surface area contributed by atoms with E-state index in [-0.39, 0.29) is 28.6 Å². The van der Waals surface area contributed by atoms with Crippen molar-refractivity contribution in [1.82, 2.24) is 5.32 Å². The molecular weight excluding hydrogens is 623 g/mol. The van der Waals surface area contributed by atoms with Gasteiger partial charge in [-0.3, -0.25) is 14.9 Å². The quantitative estimate of drug-likeness (QED) is 0.171. The first-order valence-corrected chi connectivity index (χ1v) is 13.9. The number of amides is 4. The number of hydrogen-bond acceptors (Lipinski definition) is 7. The van der Waals surface area contributed by atoms with Gasteiger partial charge in [-0.2, -0.15) is 8.42 Å². The van der Waals surface area contributed by atoms with Gasteiger partial charge in [0, 0.05) is 0 Å². The largest absolute Gasteiger partial charge is 0.490 e. The Labute approximate surface area is 233 Å². The van der Waals surface area contributed by atoms with Crippen molar-refractivity contribution in [2.75, 3.05) is 11.5 Å². The van der Waals surface area contributed by atoms with E-state index < -0.39 is 28.0 Å². The van der Waals surface area contributed by atoms with Crippen LogP contribution in [0.1, 0.15) is 23.6 Å². The highest BCUT2D eigenvalue weighted by Crippen LogP contribution is 2.37. The molecule has 0 aliphatic carbocycles. The Kier molecular flexibility index (Phi) is 7.88. The molecule has 1 saturated heterocycles. The van der Waals surface area contributed by atoms with Crippen LogP contribution in [0, 0.1) is 17.4 Å². The number of rotatable bonds is 7. The molecule has 0 bridgehead atoms. The Morgan fingerprint density at radius 3 is 2.34 bits per heavy atom. The van der Waals surface area contributed by atoms with Crippen molar-refractivity contribution in [2.24, 2.45) is 0 Å². The van der Waals surface area contributed by atoms with Crippen molar-refractivity contribution in [3.63, 3.8) is 0 Å². The van der Waals surface area contributed by atoms with Gasteiger partial charge in [0.1, 0.15) is 10.5 Å². The van der Waals surface area contributed by atoms with Gasteiger partial charge in [0.25, 0.3) is 11.8 Å². The predicted octanol–water partition coefficient (Wildman–Crippen LogP) is 4.74. The summed E-state index contributed by atoms with van der Waals surface area (Å²) in [4.78, 5) is 39.2. The number of benzene rings is 3. The Morgan fingerprint density at radius 2 is 1.68 bits per heavy atom. The van der Waals surface area contributed by atoms with E-state index in [1.165, 1.54) is 24.3 Å². The molecule has 3 aromatic rings. The minimum absolute atomic E-state index is 0.0158. The zero-order valence-corrected chi connectivity index (χ0v) is 23.6. The molecule has 9 nitrogen and oxygen atoms in total. The fraction of sp³-hybridized carbons (Fsp3) is 0.148. The number of anilines is 1. The van der Waals surface area contributed by atoms with Gasteiger partial charge in [0.15, 0.2) is 11.5 Å². The zero-order valence-electron chi connectivity index (χ0n) is 20.6. The van der Waals surface area contributed by atoms with E-state index in [4.69, 9.17) is 8.92 Å². The third-order valence-corrected chi connectivity index (χ3v) is 7.54. The number of carbonyl (C=O) groups is 3. The molecule has 1 heterocycles. The van der Waals surface area contributed by atoms with Gasteiger partial charge in [-0.15, -0.1) is 0 Å². The lowest BCUT2D eigenvalue weighted by atomic mass is 10.1. The number of carbonyl (C=O) groups excluding carboxylic acids is 3. The topological polar surface area (TPSA) is 119 Å². The van der Waals surface area contributed by atoms with Crippen LogP contribution in [-0.4, -0.2) is 32.9 Å². The van der Waals surface area contributed by atoms with E-state index in [1.54, 1.807) is 43.3 Å². The third kappa shape index (κ3) is 5.73. The van der Waals surface area contributed by atoms with Crippen LogP contribution in [-0.2, 0) is 19.7 Å². The Bertz CT molecular complexity index is 1580. The first-order chi connectivity index (χ1) is 18.0. The van der Waals surface area contributed by atoms with Crippen LogP contribution in [0.2, 0.25) is 0 Å². The first-order valence-electron chi connectivity index (χ1n) is 11.5. The summed E-state index contributed by atoms with van der Waals surface area (Å²) < 4.78 is 37.3. The van der Waals surface area contributed by atoms with Gasteiger partial charge in [0.2, 0.25) is 0 Å². The molecule has 4 rings (SSSR count). The molecule has 1 N–H and O–H groups in total. The minimum Gasteiger partial charge on any atom is -0.490 e. The summed E-state index contributed by atoms with van der Waals surface area (Å²) in [5.74, 6) is -1.55. The molecule has 0 saturated carbocycles. The van der Waals surface area contributed by atoms with Crippen molar-refractivity contribution in [3.8, 4) is 11.5 Å². The number of nitrogens with one attached hydrogen (secondary N) is 1. The molecular formula is C27H23IN2O7S. The summed E-state index contributed by atoms with van der Waals surface area (Å²) in [6.07, 6.45) is 1.32. The molecule has 0 spiro atoms. The van der Waals surface area contributed by atoms with Crippen LogP contribution < -0.4 is 19.1 Å². The minimum atomic E-state index is -4.16. The second-order valence-corrected chi connectivity index (χ2v) is 11.1. The second-order valence-electron chi connectivity index (χ2n) is 8.41. The number of hydrogen-bond donors (Lipinski definition) is 1. The maximum absolute atomic E-state index is 13.2. The fourth-order valence-electron chi connectivity index (χ4n) is 3.70. The average Bonchev–Trinajstić information content (AvgIpc) is 2.84. The van der Waals surface area contributed by atoms with Crippen molar-refractivity contribution < 1.29 is 31.7 Å². The zero-order chi connectivity index (χ0) is 27.6. The van der Waals surface area contributed by atoms with E-state index in [0.29, 0.717) is 14.8 Å². The van der Waals surface area contributed by atoms with Gasteiger partial charge in [-0.25, -0.2) is 9.69 Å². The maximum Gasteiger partial charge on any atom is 0.339 e. The highest BCUT2D eigenvalue weighted by molar-refractivity contribution is 14.1. The number of imide groups is 2. The molecule has 0 atom stereocenters. The second kappa shape index (κ2) is 11.0. The van der Waals surface area contributed by atoms with E-state index in [2.05, 4.69) is 5.32 Å². The van der Waals surface area contributed by atoms with E-state index in [0.717, 1.165) is 16.0 Å². The Hall–Kier alpha value is -3.71. The number of aryl methyl sites for hydroxylation is 2. The lowest BCUT2D eigenvalue weighted by Gasteiger charge is -2.26. The van der Waals surface area contributed by atoms with E-state index in [9.17, 15) is 22.8 Å². The first kappa shape index (κ1) is 27.3. The van der Waals surface area contributed by atoms with Crippen molar-refractivity contribution >= 4 is 62.3 Å². The lowest BCUT2D eigenvalue weighted by molar-refractivity contribution is -0.122. The molecule has 4 amide bonds. The summed E-state index contributed by atoms with van der Waals surface area (Å²) >= 11 is 1.89.